The van der Waals surface area contributed by atoms with E-state index in [9.17, 15) is 9.59 Å². The predicted octanol–water partition coefficient (Wildman–Crippen LogP) is -1.48. The van der Waals surface area contributed by atoms with Gasteiger partial charge in [0.15, 0.2) is 0 Å². The first-order valence-corrected chi connectivity index (χ1v) is 4.42. The van der Waals surface area contributed by atoms with Gasteiger partial charge in [-0.3, -0.25) is 9.59 Å². The topological polar surface area (TPSA) is 78.4 Å². The molecule has 0 unspecified atom stereocenters. The molecule has 0 radical (unpaired) electrons. The molecule has 1 aliphatic heterocycles. The van der Waals surface area contributed by atoms with E-state index in [-0.39, 0.29) is 18.4 Å². The summed E-state index contributed by atoms with van der Waals surface area (Å²) in [6, 6.07) is -0.765. The average Bonchev–Trinajstić information content (AvgIpc) is 2.05. The van der Waals surface area contributed by atoms with Gasteiger partial charge in [-0.15, -0.1) is 0 Å². The second-order valence-electron chi connectivity index (χ2n) is 3.63. The van der Waals surface area contributed by atoms with Gasteiger partial charge >= 0.3 is 0 Å². The van der Waals surface area contributed by atoms with Crippen molar-refractivity contribution in [1.29, 1.82) is 0 Å². The lowest BCUT2D eigenvalue weighted by atomic mass is 9.74. The van der Waals surface area contributed by atoms with Crippen LogP contribution >= 0.6 is 0 Å². The van der Waals surface area contributed by atoms with Crippen molar-refractivity contribution in [2.24, 2.45) is 0 Å². The first-order valence-electron chi connectivity index (χ1n) is 4.42. The van der Waals surface area contributed by atoms with Crippen LogP contribution in [0.1, 0.15) is 19.3 Å². The standard InChI is InChI=1S/C8H12N2O3/c11-4-5-6(12)10-8(2-1-3-8)7(13)9-5/h5,11H,1-4H2,(H,9,13)(H,10,12)/t5-/m1/s1. The van der Waals surface area contributed by atoms with Gasteiger partial charge in [-0.25, -0.2) is 0 Å². The molecule has 0 aromatic rings. The van der Waals surface area contributed by atoms with Gasteiger partial charge < -0.3 is 15.7 Å². The molecule has 0 aromatic carbocycles. The Labute approximate surface area is 75.5 Å². The first-order chi connectivity index (χ1) is 6.18. The maximum atomic E-state index is 11.5. The molecule has 0 bridgehead atoms. The Hall–Kier alpha value is -1.10. The minimum atomic E-state index is -0.765. The molecule has 5 nitrogen and oxygen atoms in total. The monoisotopic (exact) mass is 184 g/mol. The molecule has 1 saturated heterocycles. The van der Waals surface area contributed by atoms with E-state index in [0.717, 1.165) is 6.42 Å². The number of hydrogen-bond donors (Lipinski definition) is 3. The van der Waals surface area contributed by atoms with Gasteiger partial charge in [-0.2, -0.15) is 0 Å². The van der Waals surface area contributed by atoms with E-state index in [1.54, 1.807) is 0 Å². The van der Waals surface area contributed by atoms with Crippen molar-refractivity contribution in [3.05, 3.63) is 0 Å². The third-order valence-electron chi connectivity index (χ3n) is 2.81. The molecule has 5 heteroatoms. The van der Waals surface area contributed by atoms with Gasteiger partial charge in [0.1, 0.15) is 11.6 Å². The highest BCUT2D eigenvalue weighted by Crippen LogP contribution is 2.33. The lowest BCUT2D eigenvalue weighted by molar-refractivity contribution is -0.146. The third-order valence-corrected chi connectivity index (χ3v) is 2.81. The normalized spacial score (nSPS) is 30.7. The summed E-state index contributed by atoms with van der Waals surface area (Å²) in [6.07, 6.45) is 2.39. The van der Waals surface area contributed by atoms with Gasteiger partial charge in [-0.05, 0) is 19.3 Å². The highest BCUT2D eigenvalue weighted by atomic mass is 16.3. The molecule has 72 valence electrons. The fraction of sp³-hybridized carbons (Fsp3) is 0.750. The van der Waals surface area contributed by atoms with Crippen molar-refractivity contribution in [1.82, 2.24) is 10.6 Å². The van der Waals surface area contributed by atoms with Crippen LogP contribution in [-0.4, -0.2) is 35.1 Å². The number of nitrogens with one attached hydrogen (secondary N) is 2. The SMILES string of the molecule is O=C1NC2(CCC2)C(=O)N[C@@H]1CO. The van der Waals surface area contributed by atoms with E-state index >= 15 is 0 Å². The first kappa shape index (κ1) is 8.50. The lowest BCUT2D eigenvalue weighted by Gasteiger charge is -2.45. The smallest absolute Gasteiger partial charge is 0.246 e. The molecular weight excluding hydrogens is 172 g/mol. The van der Waals surface area contributed by atoms with E-state index in [2.05, 4.69) is 10.6 Å². The second kappa shape index (κ2) is 2.70. The Morgan fingerprint density at radius 3 is 2.62 bits per heavy atom. The highest BCUT2D eigenvalue weighted by molar-refractivity contribution is 6.00. The minimum Gasteiger partial charge on any atom is -0.394 e. The second-order valence-corrected chi connectivity index (χ2v) is 3.63. The number of piperazine rings is 1. The molecule has 13 heavy (non-hydrogen) atoms. The lowest BCUT2D eigenvalue weighted by Crippen LogP contribution is -2.72. The van der Waals surface area contributed by atoms with Crippen molar-refractivity contribution in [3.8, 4) is 0 Å². The largest absolute Gasteiger partial charge is 0.394 e. The Bertz CT molecular complexity index is 260. The van der Waals surface area contributed by atoms with E-state index in [0.29, 0.717) is 12.8 Å². The van der Waals surface area contributed by atoms with Crippen LogP contribution in [0, 0.1) is 0 Å². The van der Waals surface area contributed by atoms with Crippen molar-refractivity contribution in [2.75, 3.05) is 6.61 Å². The van der Waals surface area contributed by atoms with Gasteiger partial charge in [0.25, 0.3) is 0 Å². The summed E-state index contributed by atoms with van der Waals surface area (Å²) in [6.45, 7) is -0.340. The van der Waals surface area contributed by atoms with Crippen LogP contribution in [0.3, 0.4) is 0 Å². The number of amides is 2. The maximum absolute atomic E-state index is 11.5. The maximum Gasteiger partial charge on any atom is 0.246 e. The average molecular weight is 184 g/mol. The molecule has 1 atom stereocenters. The molecule has 1 spiro atoms. The number of hydrogen-bond acceptors (Lipinski definition) is 3. The molecule has 0 aromatic heterocycles. The molecule has 2 amide bonds. The zero-order valence-corrected chi connectivity index (χ0v) is 7.17. The molecule has 2 aliphatic rings. The Morgan fingerprint density at radius 1 is 1.46 bits per heavy atom. The minimum absolute atomic E-state index is 0.155. The van der Waals surface area contributed by atoms with E-state index in [4.69, 9.17) is 5.11 Å². The predicted molar refractivity (Wildman–Crippen MR) is 43.7 cm³/mol. The van der Waals surface area contributed by atoms with Crippen LogP contribution < -0.4 is 10.6 Å². The molecule has 1 heterocycles. The Kier molecular flexibility index (Phi) is 1.76. The van der Waals surface area contributed by atoms with Crippen LogP contribution in [0.2, 0.25) is 0 Å². The number of aliphatic hydroxyl groups excluding tert-OH is 1. The number of aliphatic hydroxyl groups is 1. The molecular formula is C8H12N2O3. The van der Waals surface area contributed by atoms with Gasteiger partial charge in [0.05, 0.1) is 6.61 Å². The van der Waals surface area contributed by atoms with Crippen molar-refractivity contribution in [2.45, 2.75) is 30.8 Å². The molecule has 1 aliphatic carbocycles. The highest BCUT2D eigenvalue weighted by Gasteiger charge is 2.50. The quantitative estimate of drug-likeness (QED) is 0.465. The fourth-order valence-corrected chi connectivity index (χ4v) is 1.75. The number of rotatable bonds is 1. The van der Waals surface area contributed by atoms with Crippen LogP contribution in [0.5, 0.6) is 0 Å². The number of carbonyl (C=O) groups is 2. The third kappa shape index (κ3) is 1.11. The summed E-state index contributed by atoms with van der Waals surface area (Å²) < 4.78 is 0. The molecule has 2 fully saturated rings. The van der Waals surface area contributed by atoms with E-state index in [1.165, 1.54) is 0 Å². The van der Waals surface area contributed by atoms with Gasteiger partial charge in [-0.1, -0.05) is 0 Å². The zero-order valence-electron chi connectivity index (χ0n) is 7.17. The van der Waals surface area contributed by atoms with E-state index < -0.39 is 11.6 Å². The van der Waals surface area contributed by atoms with Gasteiger partial charge in [0, 0.05) is 0 Å². The fourth-order valence-electron chi connectivity index (χ4n) is 1.75. The molecule has 1 saturated carbocycles. The van der Waals surface area contributed by atoms with Crippen molar-refractivity contribution >= 4 is 11.8 Å². The van der Waals surface area contributed by atoms with Crippen molar-refractivity contribution < 1.29 is 14.7 Å². The zero-order chi connectivity index (χ0) is 9.47. The number of carbonyl (C=O) groups excluding carboxylic acids is 2. The van der Waals surface area contributed by atoms with Crippen LogP contribution in [0.4, 0.5) is 0 Å². The summed E-state index contributed by atoms with van der Waals surface area (Å²) in [5, 5.41) is 13.9. The van der Waals surface area contributed by atoms with Crippen LogP contribution in [-0.2, 0) is 9.59 Å². The summed E-state index contributed by atoms with van der Waals surface area (Å²) in [7, 11) is 0. The summed E-state index contributed by atoms with van der Waals surface area (Å²) >= 11 is 0. The Balaban J connectivity index is 2.13. The van der Waals surface area contributed by atoms with Crippen LogP contribution in [0.15, 0.2) is 0 Å². The van der Waals surface area contributed by atoms with Crippen molar-refractivity contribution in [3.63, 3.8) is 0 Å². The summed E-state index contributed by atoms with van der Waals surface area (Å²) in [5.74, 6) is -0.431. The van der Waals surface area contributed by atoms with Crippen LogP contribution in [0.25, 0.3) is 0 Å². The Morgan fingerprint density at radius 2 is 2.15 bits per heavy atom. The van der Waals surface area contributed by atoms with Gasteiger partial charge in [0.2, 0.25) is 11.8 Å². The summed E-state index contributed by atoms with van der Waals surface area (Å²) in [4.78, 5) is 22.8. The summed E-state index contributed by atoms with van der Waals surface area (Å²) in [5.41, 5.74) is -0.650. The molecule has 2 rings (SSSR count). The van der Waals surface area contributed by atoms with E-state index in [1.807, 2.05) is 0 Å². The molecule has 3 N–H and O–H groups in total.